The van der Waals surface area contributed by atoms with Crippen LogP contribution in [0.5, 0.6) is 0 Å². The Bertz CT molecular complexity index is 1130. The van der Waals surface area contributed by atoms with Crippen LogP contribution in [0.3, 0.4) is 0 Å². The van der Waals surface area contributed by atoms with Gasteiger partial charge in [-0.3, -0.25) is 14.7 Å². The van der Waals surface area contributed by atoms with Gasteiger partial charge in [-0.2, -0.15) is 15.1 Å². The summed E-state index contributed by atoms with van der Waals surface area (Å²) >= 11 is 0. The van der Waals surface area contributed by atoms with E-state index < -0.39 is 36.1 Å². The number of ether oxygens (including phenoxy) is 1. The predicted molar refractivity (Wildman–Crippen MR) is 104 cm³/mol. The van der Waals surface area contributed by atoms with Crippen molar-refractivity contribution in [2.75, 3.05) is 12.3 Å². The summed E-state index contributed by atoms with van der Waals surface area (Å²) in [7, 11) is 0. The van der Waals surface area contributed by atoms with Crippen molar-refractivity contribution < 1.29 is 25.0 Å². The minimum atomic E-state index is -1.32. The molecule has 2 aromatic heterocycles. The molecule has 1 fully saturated rings. The van der Waals surface area contributed by atoms with E-state index in [9.17, 15) is 25.4 Å². The average molecular weight is 430 g/mol. The van der Waals surface area contributed by atoms with E-state index >= 15 is 0 Å². The highest BCUT2D eigenvalue weighted by atomic mass is 16.6. The van der Waals surface area contributed by atoms with Crippen molar-refractivity contribution in [1.82, 2.24) is 19.5 Å². The second-order valence-corrected chi connectivity index (χ2v) is 6.78. The molecule has 0 bridgehead atoms. The van der Waals surface area contributed by atoms with Gasteiger partial charge in [0.15, 0.2) is 17.7 Å². The Morgan fingerprint density at radius 2 is 1.97 bits per heavy atom. The van der Waals surface area contributed by atoms with Gasteiger partial charge in [0.25, 0.3) is 11.6 Å². The monoisotopic (exact) mass is 430 g/mol. The first-order valence-electron chi connectivity index (χ1n) is 9.12. The van der Waals surface area contributed by atoms with E-state index in [1.165, 1.54) is 23.0 Å². The lowest BCUT2D eigenvalue weighted by molar-refractivity contribution is -0.384. The van der Waals surface area contributed by atoms with Crippen LogP contribution in [0.2, 0.25) is 0 Å². The molecule has 1 aliphatic rings. The molecular weight excluding hydrogens is 412 g/mol. The van der Waals surface area contributed by atoms with Crippen molar-refractivity contribution in [1.29, 1.82) is 0 Å². The fourth-order valence-corrected chi connectivity index (χ4v) is 3.17. The van der Waals surface area contributed by atoms with E-state index in [-0.39, 0.29) is 35.2 Å². The van der Waals surface area contributed by atoms with E-state index in [1.54, 1.807) is 12.1 Å². The molecule has 14 nitrogen and oxygen atoms in total. The molecule has 4 atom stereocenters. The molecule has 5 N–H and O–H groups in total. The summed E-state index contributed by atoms with van der Waals surface area (Å²) in [6.07, 6.45) is -3.28. The molecule has 31 heavy (non-hydrogen) atoms. The summed E-state index contributed by atoms with van der Waals surface area (Å²) in [5.74, 6) is -0.0415. The van der Waals surface area contributed by atoms with Crippen LogP contribution < -0.4 is 5.73 Å². The quantitative estimate of drug-likeness (QED) is 0.237. The van der Waals surface area contributed by atoms with Crippen molar-refractivity contribution in [3.8, 4) is 0 Å². The summed E-state index contributed by atoms with van der Waals surface area (Å²) in [5, 5.41) is 48.1. The molecule has 1 aliphatic heterocycles. The van der Waals surface area contributed by atoms with Crippen LogP contribution in [0.25, 0.3) is 11.2 Å². The number of anilines is 1. The third-order valence-corrected chi connectivity index (χ3v) is 4.79. The highest BCUT2D eigenvalue weighted by molar-refractivity contribution is 5.82. The molecule has 0 aliphatic carbocycles. The molecule has 0 spiro atoms. The Kier molecular flexibility index (Phi) is 5.51. The Labute approximate surface area is 173 Å². The van der Waals surface area contributed by atoms with Crippen LogP contribution in [0.4, 0.5) is 17.5 Å². The number of aliphatic hydroxyl groups is 3. The van der Waals surface area contributed by atoms with Gasteiger partial charge in [0.1, 0.15) is 23.8 Å². The predicted octanol–water partition coefficient (Wildman–Crippen LogP) is 0.212. The fraction of sp³-hybridized carbons (Fsp3) is 0.353. The number of rotatable bonds is 6. The molecule has 0 amide bonds. The van der Waals surface area contributed by atoms with Crippen LogP contribution in [0.1, 0.15) is 11.8 Å². The lowest BCUT2D eigenvalue weighted by Gasteiger charge is -2.16. The largest absolute Gasteiger partial charge is 0.394 e. The van der Waals surface area contributed by atoms with E-state index in [4.69, 9.17) is 10.5 Å². The second-order valence-electron chi connectivity index (χ2n) is 6.78. The SMILES string of the molecule is Nc1nc(N=NCc2ccc([N+](=O)[O-])cc2)nc2c1ncn2[C@@H]1O[C@H](CO)C(O)C1O. The zero-order valence-electron chi connectivity index (χ0n) is 15.9. The van der Waals surface area contributed by atoms with Crippen LogP contribution in [0, 0.1) is 10.1 Å². The maximum atomic E-state index is 10.7. The van der Waals surface area contributed by atoms with Crippen LogP contribution in [-0.2, 0) is 11.3 Å². The first kappa shape index (κ1) is 20.7. The Morgan fingerprint density at radius 3 is 2.61 bits per heavy atom. The Hall–Kier alpha value is -3.59. The van der Waals surface area contributed by atoms with Crippen molar-refractivity contribution in [3.63, 3.8) is 0 Å². The number of nitro benzene ring substituents is 1. The Balaban J connectivity index is 1.57. The summed E-state index contributed by atoms with van der Waals surface area (Å²) in [4.78, 5) is 22.6. The van der Waals surface area contributed by atoms with Crippen LogP contribution >= 0.6 is 0 Å². The van der Waals surface area contributed by atoms with E-state index in [0.717, 1.165) is 0 Å². The summed E-state index contributed by atoms with van der Waals surface area (Å²) < 4.78 is 6.87. The minimum absolute atomic E-state index is 0.0274. The summed E-state index contributed by atoms with van der Waals surface area (Å²) in [6, 6.07) is 5.86. The molecule has 4 rings (SSSR count). The maximum absolute atomic E-state index is 10.7. The highest BCUT2D eigenvalue weighted by Gasteiger charge is 2.44. The van der Waals surface area contributed by atoms with E-state index in [0.29, 0.717) is 5.56 Å². The number of nitrogens with two attached hydrogens (primary N) is 1. The maximum Gasteiger partial charge on any atom is 0.272 e. The number of aliphatic hydroxyl groups excluding tert-OH is 3. The topological polar surface area (TPSA) is 207 Å². The zero-order chi connectivity index (χ0) is 22.1. The lowest BCUT2D eigenvalue weighted by Crippen LogP contribution is -2.33. The van der Waals surface area contributed by atoms with Gasteiger partial charge in [0.05, 0.1) is 24.4 Å². The van der Waals surface area contributed by atoms with Gasteiger partial charge in [-0.15, -0.1) is 5.11 Å². The minimum Gasteiger partial charge on any atom is -0.394 e. The lowest BCUT2D eigenvalue weighted by atomic mass is 10.1. The first-order chi connectivity index (χ1) is 14.9. The van der Waals surface area contributed by atoms with Crippen molar-refractivity contribution in [3.05, 3.63) is 46.3 Å². The molecule has 162 valence electrons. The number of azo groups is 1. The zero-order valence-corrected chi connectivity index (χ0v) is 15.9. The van der Waals surface area contributed by atoms with Crippen LogP contribution in [-0.4, -0.2) is 64.7 Å². The van der Waals surface area contributed by atoms with Crippen molar-refractivity contribution in [2.45, 2.75) is 31.1 Å². The number of nitrogen functional groups attached to an aromatic ring is 1. The van der Waals surface area contributed by atoms with Crippen molar-refractivity contribution in [2.24, 2.45) is 10.2 Å². The number of imidazole rings is 1. The normalized spacial score (nSPS) is 23.7. The highest BCUT2D eigenvalue weighted by Crippen LogP contribution is 2.32. The molecule has 14 heteroatoms. The molecule has 1 aromatic carbocycles. The molecule has 3 aromatic rings. The summed E-state index contributed by atoms with van der Waals surface area (Å²) in [6.45, 7) is -0.339. The number of benzene rings is 1. The summed E-state index contributed by atoms with van der Waals surface area (Å²) in [5.41, 5.74) is 7.04. The number of hydrogen-bond acceptors (Lipinski definition) is 12. The number of non-ortho nitro benzene ring substituents is 1. The molecule has 1 saturated heterocycles. The number of hydrogen-bond donors (Lipinski definition) is 4. The Morgan fingerprint density at radius 1 is 1.23 bits per heavy atom. The standard InChI is InChI=1S/C17H18N8O6/c18-14-11-15(24(7-19-11)16-13(28)12(27)10(6-26)31-16)22-17(21-14)23-20-5-8-1-3-9(4-2-8)25(29)30/h1-4,7,10,12-13,16,26-28H,5-6H2,(H2,18,21,22)/t10-,12?,13?,16-/m1/s1. The third kappa shape index (κ3) is 3.91. The van der Waals surface area contributed by atoms with E-state index in [2.05, 4.69) is 25.2 Å². The van der Waals surface area contributed by atoms with Gasteiger partial charge in [-0.1, -0.05) is 12.1 Å². The van der Waals surface area contributed by atoms with Gasteiger partial charge >= 0.3 is 0 Å². The van der Waals surface area contributed by atoms with Gasteiger partial charge in [0.2, 0.25) is 0 Å². The van der Waals surface area contributed by atoms with Crippen LogP contribution in [0.15, 0.2) is 40.8 Å². The third-order valence-electron chi connectivity index (χ3n) is 4.79. The molecule has 2 unspecified atom stereocenters. The molecule has 3 heterocycles. The first-order valence-corrected chi connectivity index (χ1v) is 9.12. The molecule has 0 saturated carbocycles. The average Bonchev–Trinajstić information content (AvgIpc) is 3.30. The molecule has 0 radical (unpaired) electrons. The van der Waals surface area contributed by atoms with Gasteiger partial charge in [-0.05, 0) is 5.56 Å². The van der Waals surface area contributed by atoms with Crippen molar-refractivity contribution >= 4 is 28.6 Å². The number of nitrogens with zero attached hydrogens (tertiary/aromatic N) is 7. The second kappa shape index (κ2) is 8.27. The molecular formula is C17H18N8O6. The fourth-order valence-electron chi connectivity index (χ4n) is 3.17. The number of fused-ring (bicyclic) bond motifs is 1. The number of aromatic nitrogens is 4. The van der Waals surface area contributed by atoms with Gasteiger partial charge in [0, 0.05) is 12.1 Å². The van der Waals surface area contributed by atoms with Gasteiger partial charge in [-0.25, -0.2) is 4.98 Å². The van der Waals surface area contributed by atoms with Gasteiger partial charge < -0.3 is 25.8 Å². The smallest absolute Gasteiger partial charge is 0.272 e. The van der Waals surface area contributed by atoms with E-state index in [1.807, 2.05) is 0 Å². The number of nitro groups is 1.